The molecule has 1 unspecified atom stereocenters. The molecule has 1 aromatic rings. The molecule has 1 aliphatic heterocycles. The van der Waals surface area contributed by atoms with Crippen LogP contribution in [0.15, 0.2) is 28.7 Å². The molecule has 24 heavy (non-hydrogen) atoms. The number of halogens is 1. The second kappa shape index (κ2) is 8.28. The third kappa shape index (κ3) is 4.56. The van der Waals surface area contributed by atoms with Crippen LogP contribution < -0.4 is 15.5 Å². The van der Waals surface area contributed by atoms with Crippen molar-refractivity contribution in [3.63, 3.8) is 0 Å². The van der Waals surface area contributed by atoms with Crippen molar-refractivity contribution >= 4 is 39.3 Å². The SMILES string of the molecule is CC(C)C(=O)NCCNC(=O)C1CC(=O)N(c2ccccc2Br)C1. The Labute approximate surface area is 150 Å². The molecule has 3 amide bonds. The smallest absolute Gasteiger partial charge is 0.227 e. The molecule has 1 aliphatic rings. The zero-order valence-electron chi connectivity index (χ0n) is 13.8. The number of hydrogen-bond donors (Lipinski definition) is 2. The van der Waals surface area contributed by atoms with Crippen LogP contribution >= 0.6 is 15.9 Å². The van der Waals surface area contributed by atoms with E-state index in [-0.39, 0.29) is 36.0 Å². The van der Waals surface area contributed by atoms with Gasteiger partial charge in [0.25, 0.3) is 0 Å². The monoisotopic (exact) mass is 395 g/mol. The standard InChI is InChI=1S/C17H22BrN3O3/c1-11(2)16(23)19-7-8-20-17(24)12-9-15(22)21(10-12)14-6-4-3-5-13(14)18/h3-6,11-12H,7-10H2,1-2H3,(H,19,23)(H,20,24). The fourth-order valence-corrected chi connectivity index (χ4v) is 3.01. The molecule has 1 atom stereocenters. The van der Waals surface area contributed by atoms with Crippen LogP contribution in [0.1, 0.15) is 20.3 Å². The maximum atomic E-state index is 12.2. The van der Waals surface area contributed by atoms with Crippen LogP contribution in [-0.2, 0) is 14.4 Å². The lowest BCUT2D eigenvalue weighted by molar-refractivity contribution is -0.126. The minimum absolute atomic E-state index is 0.0413. The van der Waals surface area contributed by atoms with Gasteiger partial charge in [0.05, 0.1) is 11.6 Å². The number of nitrogens with zero attached hydrogens (tertiary/aromatic N) is 1. The highest BCUT2D eigenvalue weighted by molar-refractivity contribution is 9.10. The van der Waals surface area contributed by atoms with Crippen molar-refractivity contribution in [2.45, 2.75) is 20.3 Å². The van der Waals surface area contributed by atoms with Gasteiger partial charge < -0.3 is 15.5 Å². The molecule has 2 N–H and O–H groups in total. The molecule has 0 bridgehead atoms. The molecule has 1 heterocycles. The minimum Gasteiger partial charge on any atom is -0.354 e. The Morgan fingerprint density at radius 3 is 2.58 bits per heavy atom. The molecule has 6 nitrogen and oxygen atoms in total. The van der Waals surface area contributed by atoms with Crippen molar-refractivity contribution < 1.29 is 14.4 Å². The highest BCUT2D eigenvalue weighted by Crippen LogP contribution is 2.31. The highest BCUT2D eigenvalue weighted by Gasteiger charge is 2.35. The Bertz CT molecular complexity index is 633. The fraction of sp³-hybridized carbons (Fsp3) is 0.471. The maximum Gasteiger partial charge on any atom is 0.227 e. The Balaban J connectivity index is 1.84. The second-order valence-electron chi connectivity index (χ2n) is 6.09. The van der Waals surface area contributed by atoms with Gasteiger partial charge in [0.15, 0.2) is 0 Å². The average molecular weight is 396 g/mol. The van der Waals surface area contributed by atoms with E-state index in [2.05, 4.69) is 26.6 Å². The number of rotatable bonds is 6. The van der Waals surface area contributed by atoms with E-state index < -0.39 is 0 Å². The van der Waals surface area contributed by atoms with Gasteiger partial charge in [-0.1, -0.05) is 26.0 Å². The topological polar surface area (TPSA) is 78.5 Å². The maximum absolute atomic E-state index is 12.2. The summed E-state index contributed by atoms with van der Waals surface area (Å²) in [6, 6.07) is 7.46. The predicted molar refractivity (Wildman–Crippen MR) is 95.5 cm³/mol. The molecule has 0 aliphatic carbocycles. The molecule has 7 heteroatoms. The van der Waals surface area contributed by atoms with Crippen LogP contribution in [0.2, 0.25) is 0 Å². The average Bonchev–Trinajstić information content (AvgIpc) is 2.93. The van der Waals surface area contributed by atoms with E-state index in [0.717, 1.165) is 10.2 Å². The Hall–Kier alpha value is -1.89. The van der Waals surface area contributed by atoms with Crippen molar-refractivity contribution in [3.8, 4) is 0 Å². The van der Waals surface area contributed by atoms with E-state index in [4.69, 9.17) is 0 Å². The first-order valence-electron chi connectivity index (χ1n) is 8.00. The number of hydrogen-bond acceptors (Lipinski definition) is 3. The van der Waals surface area contributed by atoms with Crippen LogP contribution in [-0.4, -0.2) is 37.4 Å². The van der Waals surface area contributed by atoms with Gasteiger partial charge >= 0.3 is 0 Å². The number of carbonyl (C=O) groups is 3. The van der Waals surface area contributed by atoms with E-state index in [1.807, 2.05) is 38.1 Å². The van der Waals surface area contributed by atoms with E-state index in [0.29, 0.717) is 19.6 Å². The van der Waals surface area contributed by atoms with Gasteiger partial charge in [-0.05, 0) is 28.1 Å². The number of amides is 3. The van der Waals surface area contributed by atoms with Crippen LogP contribution in [0.5, 0.6) is 0 Å². The molecular weight excluding hydrogens is 374 g/mol. The van der Waals surface area contributed by atoms with Crippen LogP contribution in [0.3, 0.4) is 0 Å². The quantitative estimate of drug-likeness (QED) is 0.719. The summed E-state index contributed by atoms with van der Waals surface area (Å²) in [6.07, 6.45) is 0.200. The first-order valence-corrected chi connectivity index (χ1v) is 8.79. The number of carbonyl (C=O) groups excluding carboxylic acids is 3. The summed E-state index contributed by atoms with van der Waals surface area (Å²) < 4.78 is 0.829. The van der Waals surface area contributed by atoms with Crippen LogP contribution in [0.25, 0.3) is 0 Å². The Morgan fingerprint density at radius 1 is 1.25 bits per heavy atom. The first kappa shape index (κ1) is 18.4. The Morgan fingerprint density at radius 2 is 1.92 bits per heavy atom. The third-order valence-corrected chi connectivity index (χ3v) is 4.56. The summed E-state index contributed by atoms with van der Waals surface area (Å²) in [4.78, 5) is 37.5. The van der Waals surface area contributed by atoms with Crippen molar-refractivity contribution in [1.82, 2.24) is 10.6 Å². The molecule has 1 saturated heterocycles. The molecular formula is C17H22BrN3O3. The minimum atomic E-state index is -0.370. The third-order valence-electron chi connectivity index (χ3n) is 3.89. The van der Waals surface area contributed by atoms with Crippen LogP contribution in [0, 0.1) is 11.8 Å². The second-order valence-corrected chi connectivity index (χ2v) is 6.95. The Kier molecular flexibility index (Phi) is 6.36. The molecule has 130 valence electrons. The van der Waals surface area contributed by atoms with Gasteiger partial charge in [-0.15, -0.1) is 0 Å². The lowest BCUT2D eigenvalue weighted by Gasteiger charge is -2.18. The van der Waals surface area contributed by atoms with Gasteiger partial charge in [-0.2, -0.15) is 0 Å². The zero-order valence-corrected chi connectivity index (χ0v) is 15.4. The number of benzene rings is 1. The van der Waals surface area contributed by atoms with Crippen molar-refractivity contribution in [1.29, 1.82) is 0 Å². The molecule has 0 spiro atoms. The van der Waals surface area contributed by atoms with Gasteiger partial charge in [0.1, 0.15) is 0 Å². The summed E-state index contributed by atoms with van der Waals surface area (Å²) in [5.41, 5.74) is 0.780. The molecule has 1 aromatic carbocycles. The molecule has 1 fully saturated rings. The van der Waals surface area contributed by atoms with Crippen molar-refractivity contribution in [2.24, 2.45) is 11.8 Å². The fourth-order valence-electron chi connectivity index (χ4n) is 2.51. The van der Waals surface area contributed by atoms with Gasteiger partial charge in [0.2, 0.25) is 17.7 Å². The number of para-hydroxylation sites is 1. The number of nitrogens with one attached hydrogen (secondary N) is 2. The van der Waals surface area contributed by atoms with E-state index in [1.54, 1.807) is 4.90 Å². The van der Waals surface area contributed by atoms with E-state index in [1.165, 1.54) is 0 Å². The van der Waals surface area contributed by atoms with Crippen molar-refractivity contribution in [3.05, 3.63) is 28.7 Å². The lowest BCUT2D eigenvalue weighted by Crippen LogP contribution is -2.39. The highest BCUT2D eigenvalue weighted by atomic mass is 79.9. The predicted octanol–water partition coefficient (Wildman–Crippen LogP) is 1.69. The van der Waals surface area contributed by atoms with Gasteiger partial charge in [0, 0.05) is 36.4 Å². The van der Waals surface area contributed by atoms with E-state index >= 15 is 0 Å². The summed E-state index contributed by atoms with van der Waals surface area (Å²) in [5.74, 6) is -0.705. The summed E-state index contributed by atoms with van der Waals surface area (Å²) in [7, 11) is 0. The van der Waals surface area contributed by atoms with Crippen LogP contribution in [0.4, 0.5) is 5.69 Å². The molecule has 2 rings (SSSR count). The number of anilines is 1. The van der Waals surface area contributed by atoms with Gasteiger partial charge in [-0.25, -0.2) is 0 Å². The van der Waals surface area contributed by atoms with E-state index in [9.17, 15) is 14.4 Å². The normalized spacial score (nSPS) is 17.2. The molecule has 0 radical (unpaired) electrons. The molecule has 0 saturated carbocycles. The molecule has 0 aromatic heterocycles. The summed E-state index contributed by atoms with van der Waals surface area (Å²) in [5, 5.41) is 5.52. The largest absolute Gasteiger partial charge is 0.354 e. The zero-order chi connectivity index (χ0) is 17.7. The van der Waals surface area contributed by atoms with Crippen molar-refractivity contribution in [2.75, 3.05) is 24.5 Å². The van der Waals surface area contributed by atoms with Gasteiger partial charge in [-0.3, -0.25) is 14.4 Å². The summed E-state index contributed by atoms with van der Waals surface area (Å²) >= 11 is 3.43. The first-order chi connectivity index (χ1) is 11.4. The summed E-state index contributed by atoms with van der Waals surface area (Å²) in [6.45, 7) is 4.74. The lowest BCUT2D eigenvalue weighted by atomic mass is 10.1.